The second-order valence-electron chi connectivity index (χ2n) is 10.7. The molecular weight excluding hydrogens is 372 g/mol. The number of hydrogen-bond donors (Lipinski definition) is 0. The van der Waals surface area contributed by atoms with E-state index < -0.39 is 0 Å². The number of nitrogens with zero attached hydrogens (tertiary/aromatic N) is 2. The van der Waals surface area contributed by atoms with Crippen LogP contribution in [0.3, 0.4) is 0 Å². The molecule has 0 radical (unpaired) electrons. The molecule has 2 aromatic rings. The highest BCUT2D eigenvalue weighted by Crippen LogP contribution is 2.63. The van der Waals surface area contributed by atoms with Gasteiger partial charge in [-0.2, -0.15) is 5.10 Å². The van der Waals surface area contributed by atoms with Crippen LogP contribution in [0.2, 0.25) is 0 Å². The minimum absolute atomic E-state index is 0.0173. The minimum atomic E-state index is -0.130. The van der Waals surface area contributed by atoms with Crippen molar-refractivity contribution in [3.63, 3.8) is 0 Å². The van der Waals surface area contributed by atoms with E-state index in [0.717, 1.165) is 49.9 Å². The molecule has 0 saturated heterocycles. The largest absolute Gasteiger partial charge is 0.299 e. The molecule has 1 heterocycles. The Bertz CT molecular complexity index is 1050. The smallest absolute Gasteiger partial charge is 0.181 e. The highest BCUT2D eigenvalue weighted by molar-refractivity contribution is 5.98. The lowest BCUT2D eigenvalue weighted by atomic mass is 9.48. The van der Waals surface area contributed by atoms with Crippen LogP contribution >= 0.6 is 0 Å². The summed E-state index contributed by atoms with van der Waals surface area (Å²) in [7, 11) is 0. The van der Waals surface area contributed by atoms with Gasteiger partial charge in [0.15, 0.2) is 5.78 Å². The molecule has 30 heavy (non-hydrogen) atoms. The zero-order valence-electron chi connectivity index (χ0n) is 18.0. The van der Waals surface area contributed by atoms with E-state index in [0.29, 0.717) is 36.5 Å². The summed E-state index contributed by atoms with van der Waals surface area (Å²) in [5.41, 5.74) is 4.33. The van der Waals surface area contributed by atoms with Crippen LogP contribution in [-0.2, 0) is 23.2 Å². The summed E-state index contributed by atoms with van der Waals surface area (Å²) in [6.45, 7) is 5.28. The molecule has 0 unspecified atom stereocenters. The lowest BCUT2D eigenvalue weighted by molar-refractivity contribution is -0.131. The SMILES string of the molecule is C[C@]12CCC(=O)c3c1c(nn3Cc1ccccc1)C[C@@H]1[C@@H]2CC[C@]2(C)C(=O)CC[C@@H]12. The van der Waals surface area contributed by atoms with Crippen molar-refractivity contribution < 1.29 is 9.59 Å². The fraction of sp³-hybridized carbons (Fsp3) is 0.577. The van der Waals surface area contributed by atoms with E-state index >= 15 is 0 Å². The van der Waals surface area contributed by atoms with Crippen LogP contribution in [-0.4, -0.2) is 21.3 Å². The van der Waals surface area contributed by atoms with Gasteiger partial charge in [0.1, 0.15) is 11.5 Å². The van der Waals surface area contributed by atoms with Gasteiger partial charge in [-0.15, -0.1) is 0 Å². The molecule has 4 nitrogen and oxygen atoms in total. The van der Waals surface area contributed by atoms with Crippen LogP contribution in [0.1, 0.15) is 79.7 Å². The molecule has 156 valence electrons. The Morgan fingerprint density at radius 2 is 1.77 bits per heavy atom. The highest BCUT2D eigenvalue weighted by atomic mass is 16.1. The van der Waals surface area contributed by atoms with Crippen molar-refractivity contribution in [2.24, 2.45) is 23.2 Å². The molecule has 4 heteroatoms. The van der Waals surface area contributed by atoms with Gasteiger partial charge in [0.2, 0.25) is 0 Å². The molecule has 2 fully saturated rings. The molecule has 0 bridgehead atoms. The highest BCUT2D eigenvalue weighted by Gasteiger charge is 2.60. The average Bonchev–Trinajstić information content (AvgIpc) is 3.25. The van der Waals surface area contributed by atoms with Crippen molar-refractivity contribution >= 4 is 11.6 Å². The second kappa shape index (κ2) is 6.15. The standard InChI is InChI=1S/C26H30N2O2/c1-25-12-10-19-17(18(25)8-9-22(25)30)14-20-23-24(21(29)11-13-26(19,23)2)28(27-20)15-16-6-4-3-5-7-16/h3-7,17-19H,8-15H2,1-2H3/t17-,18-,19-,25-,26+/m0/s1. The first-order valence-corrected chi connectivity index (χ1v) is 11.6. The summed E-state index contributed by atoms with van der Waals surface area (Å²) >= 11 is 0. The number of benzene rings is 1. The molecule has 5 atom stereocenters. The first kappa shape index (κ1) is 18.5. The van der Waals surface area contributed by atoms with Gasteiger partial charge in [-0.1, -0.05) is 44.2 Å². The quantitative estimate of drug-likeness (QED) is 0.729. The van der Waals surface area contributed by atoms with E-state index in [1.54, 1.807) is 0 Å². The molecule has 4 aliphatic carbocycles. The molecule has 0 aliphatic heterocycles. The Hall–Kier alpha value is -2.23. The van der Waals surface area contributed by atoms with Gasteiger partial charge in [0.25, 0.3) is 0 Å². The van der Waals surface area contributed by atoms with E-state index in [1.165, 1.54) is 11.1 Å². The number of fused-ring (bicyclic) bond motifs is 4. The van der Waals surface area contributed by atoms with E-state index in [-0.39, 0.29) is 16.6 Å². The van der Waals surface area contributed by atoms with Crippen molar-refractivity contribution in [1.29, 1.82) is 0 Å². The summed E-state index contributed by atoms with van der Waals surface area (Å²) < 4.78 is 2.00. The Morgan fingerprint density at radius 3 is 2.57 bits per heavy atom. The van der Waals surface area contributed by atoms with Crippen LogP contribution in [0, 0.1) is 23.2 Å². The van der Waals surface area contributed by atoms with Crippen LogP contribution in [0.4, 0.5) is 0 Å². The van der Waals surface area contributed by atoms with Crippen molar-refractivity contribution in [1.82, 2.24) is 9.78 Å². The fourth-order valence-electron chi connectivity index (χ4n) is 7.75. The van der Waals surface area contributed by atoms with Crippen LogP contribution in [0.5, 0.6) is 0 Å². The summed E-state index contributed by atoms with van der Waals surface area (Å²) in [6, 6.07) is 10.3. The van der Waals surface area contributed by atoms with Gasteiger partial charge in [0.05, 0.1) is 12.2 Å². The number of carbonyl (C=O) groups is 2. The lowest BCUT2D eigenvalue weighted by Crippen LogP contribution is -2.53. The van der Waals surface area contributed by atoms with Crippen molar-refractivity contribution in [3.05, 3.63) is 52.8 Å². The normalized spacial score (nSPS) is 36.9. The van der Waals surface area contributed by atoms with Crippen molar-refractivity contribution in [2.75, 3.05) is 0 Å². The number of Topliss-reactive ketones (excluding diaryl/α,β-unsaturated/α-hetero) is 2. The molecule has 1 aromatic carbocycles. The van der Waals surface area contributed by atoms with Crippen LogP contribution in [0.25, 0.3) is 0 Å². The van der Waals surface area contributed by atoms with Gasteiger partial charge < -0.3 is 0 Å². The Balaban J connectivity index is 1.47. The predicted molar refractivity (Wildman–Crippen MR) is 114 cm³/mol. The molecule has 0 amide bonds. The first-order chi connectivity index (χ1) is 14.4. The lowest BCUT2D eigenvalue weighted by Gasteiger charge is -2.55. The molecule has 4 aliphatic rings. The summed E-state index contributed by atoms with van der Waals surface area (Å²) in [5, 5.41) is 5.06. The number of aromatic nitrogens is 2. The topological polar surface area (TPSA) is 52.0 Å². The molecular formula is C26H30N2O2. The van der Waals surface area contributed by atoms with Gasteiger partial charge in [0, 0.05) is 29.2 Å². The molecule has 0 spiro atoms. The number of ketones is 2. The fourth-order valence-corrected chi connectivity index (χ4v) is 7.75. The van der Waals surface area contributed by atoms with E-state index in [2.05, 4.69) is 26.0 Å². The third-order valence-corrected chi connectivity index (χ3v) is 9.30. The summed E-state index contributed by atoms with van der Waals surface area (Å²) in [4.78, 5) is 25.8. The first-order valence-electron chi connectivity index (χ1n) is 11.6. The monoisotopic (exact) mass is 402 g/mol. The Morgan fingerprint density at radius 1 is 1.00 bits per heavy atom. The summed E-state index contributed by atoms with van der Waals surface area (Å²) in [5.74, 6) is 2.31. The van der Waals surface area contributed by atoms with Crippen LogP contribution < -0.4 is 0 Å². The molecule has 0 N–H and O–H groups in total. The Labute approximate surface area is 178 Å². The molecule has 2 saturated carbocycles. The second-order valence-corrected chi connectivity index (χ2v) is 10.7. The zero-order valence-corrected chi connectivity index (χ0v) is 18.0. The van der Waals surface area contributed by atoms with Gasteiger partial charge in [-0.05, 0) is 55.4 Å². The van der Waals surface area contributed by atoms with Crippen molar-refractivity contribution in [3.8, 4) is 0 Å². The van der Waals surface area contributed by atoms with E-state index in [9.17, 15) is 9.59 Å². The zero-order chi connectivity index (χ0) is 20.7. The molecule has 1 aromatic heterocycles. The van der Waals surface area contributed by atoms with Crippen molar-refractivity contribution in [2.45, 2.75) is 70.8 Å². The predicted octanol–water partition coefficient (Wildman–Crippen LogP) is 4.73. The maximum atomic E-state index is 13.1. The molecule has 6 rings (SSSR count). The van der Waals surface area contributed by atoms with Gasteiger partial charge >= 0.3 is 0 Å². The van der Waals surface area contributed by atoms with E-state index in [4.69, 9.17) is 5.10 Å². The third kappa shape index (κ3) is 2.31. The average molecular weight is 403 g/mol. The minimum Gasteiger partial charge on any atom is -0.299 e. The summed E-state index contributed by atoms with van der Waals surface area (Å²) in [6.07, 6.45) is 6.40. The maximum absolute atomic E-state index is 13.1. The van der Waals surface area contributed by atoms with Crippen LogP contribution in [0.15, 0.2) is 30.3 Å². The number of rotatable bonds is 2. The maximum Gasteiger partial charge on any atom is 0.181 e. The van der Waals surface area contributed by atoms with Gasteiger partial charge in [-0.3, -0.25) is 14.3 Å². The Kier molecular flexibility index (Phi) is 3.80. The third-order valence-electron chi connectivity index (χ3n) is 9.30. The van der Waals surface area contributed by atoms with Gasteiger partial charge in [-0.25, -0.2) is 0 Å². The number of hydrogen-bond acceptors (Lipinski definition) is 3. The number of carbonyl (C=O) groups excluding carboxylic acids is 2. The van der Waals surface area contributed by atoms with E-state index in [1.807, 2.05) is 22.9 Å².